The average molecular weight is 129 g/mol. The lowest BCUT2D eigenvalue weighted by molar-refractivity contribution is 0.638. The molecule has 0 atom stereocenters. The van der Waals surface area contributed by atoms with Gasteiger partial charge in [-0.15, -0.1) is 0 Å². The minimum atomic E-state index is 0.920. The van der Waals surface area contributed by atoms with Crippen molar-refractivity contribution in [2.75, 3.05) is 13.6 Å². The molecule has 0 rings (SSSR count). The van der Waals surface area contributed by atoms with Gasteiger partial charge in [-0.1, -0.05) is 6.92 Å². The fourth-order valence-electron chi connectivity index (χ4n) is 0.371. The topological polar surface area (TPSA) is 36.4 Å². The quantitative estimate of drug-likeness (QED) is 0.252. The van der Waals surface area contributed by atoms with Gasteiger partial charge in [-0.25, -0.2) is 5.43 Å². The number of nitrogens with zero attached hydrogens (tertiary/aromatic N) is 1. The van der Waals surface area contributed by atoms with Gasteiger partial charge < -0.3 is 5.43 Å². The van der Waals surface area contributed by atoms with E-state index >= 15 is 0 Å². The standard InChI is InChI=1S/C6H15N3/c1-4-5-8-9-6(2)7-3/h8H,4-5H2,1-3H3,(H,7,9). The van der Waals surface area contributed by atoms with Crippen LogP contribution in [-0.2, 0) is 0 Å². The molecule has 0 aromatic carbocycles. The zero-order valence-electron chi connectivity index (χ0n) is 6.36. The highest BCUT2D eigenvalue weighted by Crippen LogP contribution is 1.67. The number of hydrogen-bond donors (Lipinski definition) is 2. The monoisotopic (exact) mass is 129 g/mol. The fraction of sp³-hybridized carbons (Fsp3) is 0.833. The molecule has 0 unspecified atom stereocenters. The van der Waals surface area contributed by atoms with Crippen molar-refractivity contribution >= 4 is 5.84 Å². The Balaban J connectivity index is 3.07. The van der Waals surface area contributed by atoms with Crippen LogP contribution in [0.3, 0.4) is 0 Å². The van der Waals surface area contributed by atoms with Crippen LogP contribution in [0.25, 0.3) is 0 Å². The predicted molar refractivity (Wildman–Crippen MR) is 40.5 cm³/mol. The zero-order valence-corrected chi connectivity index (χ0v) is 6.36. The van der Waals surface area contributed by atoms with Crippen molar-refractivity contribution < 1.29 is 0 Å². The summed E-state index contributed by atoms with van der Waals surface area (Å²) in [6, 6.07) is 0. The van der Waals surface area contributed by atoms with Gasteiger partial charge in [0.1, 0.15) is 5.84 Å². The Bertz CT molecular complexity index is 88.3. The first-order chi connectivity index (χ1) is 4.31. The lowest BCUT2D eigenvalue weighted by atomic mass is 10.5. The first-order valence-electron chi connectivity index (χ1n) is 3.23. The summed E-state index contributed by atoms with van der Waals surface area (Å²) in [6.45, 7) is 5.02. The lowest BCUT2D eigenvalue weighted by Crippen LogP contribution is -2.36. The van der Waals surface area contributed by atoms with E-state index in [0.29, 0.717) is 0 Å². The van der Waals surface area contributed by atoms with Crippen LogP contribution in [0.5, 0.6) is 0 Å². The number of amidine groups is 1. The molecule has 0 fully saturated rings. The van der Waals surface area contributed by atoms with Crippen LogP contribution in [0.2, 0.25) is 0 Å². The predicted octanol–water partition coefficient (Wildman–Crippen LogP) is 0.539. The molecule has 3 nitrogen and oxygen atoms in total. The van der Waals surface area contributed by atoms with E-state index in [2.05, 4.69) is 22.8 Å². The van der Waals surface area contributed by atoms with Gasteiger partial charge in [0, 0.05) is 13.6 Å². The number of hydrogen-bond acceptors (Lipinski definition) is 2. The highest BCUT2D eigenvalue weighted by Gasteiger charge is 1.82. The molecule has 0 aromatic rings. The van der Waals surface area contributed by atoms with Gasteiger partial charge >= 0.3 is 0 Å². The smallest absolute Gasteiger partial charge is 0.107 e. The minimum absolute atomic E-state index is 0.920. The van der Waals surface area contributed by atoms with Crippen LogP contribution < -0.4 is 10.9 Å². The van der Waals surface area contributed by atoms with E-state index in [4.69, 9.17) is 0 Å². The third kappa shape index (κ3) is 5.30. The molecule has 0 amide bonds. The van der Waals surface area contributed by atoms with E-state index in [9.17, 15) is 0 Å². The van der Waals surface area contributed by atoms with Gasteiger partial charge in [0.25, 0.3) is 0 Å². The van der Waals surface area contributed by atoms with Crippen molar-refractivity contribution in [3.05, 3.63) is 0 Å². The highest BCUT2D eigenvalue weighted by molar-refractivity contribution is 5.78. The van der Waals surface area contributed by atoms with Crippen molar-refractivity contribution in [2.45, 2.75) is 20.3 Å². The minimum Gasteiger partial charge on any atom is -0.310 e. The van der Waals surface area contributed by atoms with E-state index in [-0.39, 0.29) is 0 Å². The Labute approximate surface area is 56.5 Å². The Morgan fingerprint density at radius 3 is 2.67 bits per heavy atom. The third-order valence-electron chi connectivity index (χ3n) is 0.980. The summed E-state index contributed by atoms with van der Waals surface area (Å²) < 4.78 is 0. The highest BCUT2D eigenvalue weighted by atomic mass is 15.4. The van der Waals surface area contributed by atoms with Crippen molar-refractivity contribution in [3.8, 4) is 0 Å². The Morgan fingerprint density at radius 2 is 2.22 bits per heavy atom. The maximum Gasteiger partial charge on any atom is 0.107 e. The molecule has 0 saturated heterocycles. The first kappa shape index (κ1) is 8.43. The van der Waals surface area contributed by atoms with Gasteiger partial charge in [0.2, 0.25) is 0 Å². The molecular formula is C6H15N3. The van der Waals surface area contributed by atoms with Crippen LogP contribution in [0.1, 0.15) is 20.3 Å². The summed E-state index contributed by atoms with van der Waals surface area (Å²) >= 11 is 0. The second-order valence-corrected chi connectivity index (χ2v) is 1.86. The number of nitrogens with one attached hydrogen (secondary N) is 2. The van der Waals surface area contributed by atoms with Gasteiger partial charge in [-0.3, -0.25) is 4.99 Å². The molecule has 0 heterocycles. The summed E-state index contributed by atoms with van der Waals surface area (Å²) in [7, 11) is 1.76. The molecule has 0 aromatic heterocycles. The molecule has 0 aliphatic heterocycles. The van der Waals surface area contributed by atoms with E-state index in [0.717, 1.165) is 18.8 Å². The normalized spacial score (nSPS) is 11.7. The Morgan fingerprint density at radius 1 is 1.56 bits per heavy atom. The molecule has 2 N–H and O–H groups in total. The van der Waals surface area contributed by atoms with Crippen molar-refractivity contribution in [3.63, 3.8) is 0 Å². The molecule has 9 heavy (non-hydrogen) atoms. The zero-order chi connectivity index (χ0) is 7.11. The fourth-order valence-corrected chi connectivity index (χ4v) is 0.371. The van der Waals surface area contributed by atoms with Crippen LogP contribution in [0.15, 0.2) is 4.99 Å². The maximum atomic E-state index is 3.90. The third-order valence-corrected chi connectivity index (χ3v) is 0.980. The molecule has 0 radical (unpaired) electrons. The molecule has 0 aliphatic carbocycles. The second-order valence-electron chi connectivity index (χ2n) is 1.86. The molecular weight excluding hydrogens is 114 g/mol. The van der Waals surface area contributed by atoms with Gasteiger partial charge in [0.05, 0.1) is 0 Å². The SMILES string of the molecule is CCCNNC(C)=NC. The summed E-state index contributed by atoms with van der Waals surface area (Å²) in [5, 5.41) is 0. The molecule has 3 heteroatoms. The average Bonchev–Trinajstić information content (AvgIpc) is 1.89. The molecule has 0 aliphatic rings. The van der Waals surface area contributed by atoms with Crippen molar-refractivity contribution in [1.82, 2.24) is 10.9 Å². The first-order valence-corrected chi connectivity index (χ1v) is 3.23. The van der Waals surface area contributed by atoms with E-state index < -0.39 is 0 Å². The van der Waals surface area contributed by atoms with Gasteiger partial charge in [0.15, 0.2) is 0 Å². The largest absolute Gasteiger partial charge is 0.310 e. The lowest BCUT2D eigenvalue weighted by Gasteiger charge is -2.03. The van der Waals surface area contributed by atoms with E-state index in [1.165, 1.54) is 0 Å². The summed E-state index contributed by atoms with van der Waals surface area (Å²) in [5.74, 6) is 0.920. The molecule has 0 bridgehead atoms. The molecule has 0 saturated carbocycles. The van der Waals surface area contributed by atoms with Crippen LogP contribution in [0, 0.1) is 0 Å². The van der Waals surface area contributed by atoms with Crippen molar-refractivity contribution in [2.24, 2.45) is 4.99 Å². The van der Waals surface area contributed by atoms with Crippen LogP contribution in [0.4, 0.5) is 0 Å². The van der Waals surface area contributed by atoms with Gasteiger partial charge in [-0.2, -0.15) is 0 Å². The van der Waals surface area contributed by atoms with E-state index in [1.54, 1.807) is 7.05 Å². The van der Waals surface area contributed by atoms with Crippen molar-refractivity contribution in [1.29, 1.82) is 0 Å². The second kappa shape index (κ2) is 5.56. The number of hydrazine groups is 1. The van der Waals surface area contributed by atoms with E-state index in [1.807, 2.05) is 6.92 Å². The molecule has 54 valence electrons. The maximum absolute atomic E-state index is 3.90. The summed E-state index contributed by atoms with van der Waals surface area (Å²) in [4.78, 5) is 3.90. The van der Waals surface area contributed by atoms with Crippen LogP contribution in [-0.4, -0.2) is 19.4 Å². The van der Waals surface area contributed by atoms with Gasteiger partial charge in [-0.05, 0) is 13.3 Å². The summed E-state index contributed by atoms with van der Waals surface area (Å²) in [5.41, 5.74) is 5.94. The Kier molecular flexibility index (Phi) is 5.21. The molecule has 0 spiro atoms. The summed E-state index contributed by atoms with van der Waals surface area (Å²) in [6.07, 6.45) is 1.13. The van der Waals surface area contributed by atoms with Crippen LogP contribution >= 0.6 is 0 Å². The number of aliphatic imine (C=N–C) groups is 1. The Hall–Kier alpha value is -0.570. The number of rotatable bonds is 3.